The Morgan fingerprint density at radius 1 is 1.00 bits per heavy atom. The summed E-state index contributed by atoms with van der Waals surface area (Å²) in [6, 6.07) is 3.11. The summed E-state index contributed by atoms with van der Waals surface area (Å²) in [7, 11) is 0. The van der Waals surface area contributed by atoms with Crippen LogP contribution in [0.1, 0.15) is 82.3 Å². The molecule has 0 heterocycles. The third-order valence-corrected chi connectivity index (χ3v) is 6.24. The molecular weight excluding hydrogens is 326 g/mol. The lowest BCUT2D eigenvalue weighted by Gasteiger charge is -2.29. The second-order valence-electron chi connectivity index (χ2n) is 8.28. The molecule has 2 aliphatic rings. The Morgan fingerprint density at radius 3 is 2.27 bits per heavy atom. The smallest absolute Gasteiger partial charge is 0.129 e. The zero-order valence-electron chi connectivity index (χ0n) is 16.2. The number of benzene rings is 1. The molecule has 1 atom stereocenters. The molecule has 3 rings (SSSR count). The van der Waals surface area contributed by atoms with Crippen molar-refractivity contribution in [1.29, 1.82) is 0 Å². The van der Waals surface area contributed by atoms with E-state index in [1.165, 1.54) is 31.3 Å². The Morgan fingerprint density at radius 2 is 1.69 bits per heavy atom. The van der Waals surface area contributed by atoms with E-state index in [1.807, 2.05) is 0 Å². The summed E-state index contributed by atoms with van der Waals surface area (Å²) >= 11 is 0. The summed E-state index contributed by atoms with van der Waals surface area (Å²) in [6.07, 6.45) is 16.1. The van der Waals surface area contributed by atoms with Crippen molar-refractivity contribution in [2.24, 2.45) is 11.8 Å². The highest BCUT2D eigenvalue weighted by Gasteiger charge is 2.23. The second-order valence-corrected chi connectivity index (χ2v) is 8.28. The van der Waals surface area contributed by atoms with Crippen LogP contribution in [0.5, 0.6) is 0 Å². The minimum Gasteiger partial charge on any atom is -0.207 e. The van der Waals surface area contributed by atoms with Gasteiger partial charge in [-0.05, 0) is 67.2 Å². The Hall–Kier alpha value is -1.44. The Balaban J connectivity index is 1.65. The molecule has 1 saturated carbocycles. The Bertz CT molecular complexity index is 640. The Labute approximate surface area is 157 Å². The molecule has 0 radical (unpaired) electrons. The maximum Gasteiger partial charge on any atom is 0.129 e. The van der Waals surface area contributed by atoms with Crippen LogP contribution in [0.4, 0.5) is 8.78 Å². The molecule has 142 valence electrons. The van der Waals surface area contributed by atoms with Crippen molar-refractivity contribution < 1.29 is 8.78 Å². The number of hydrogen-bond donors (Lipinski definition) is 0. The van der Waals surface area contributed by atoms with Crippen molar-refractivity contribution in [2.75, 3.05) is 0 Å². The van der Waals surface area contributed by atoms with Gasteiger partial charge in [0.2, 0.25) is 0 Å². The van der Waals surface area contributed by atoms with E-state index in [2.05, 4.69) is 32.1 Å². The zero-order chi connectivity index (χ0) is 18.5. The highest BCUT2D eigenvalue weighted by Crippen LogP contribution is 2.37. The zero-order valence-corrected chi connectivity index (χ0v) is 16.2. The predicted octanol–water partition coefficient (Wildman–Crippen LogP) is 7.49. The van der Waals surface area contributed by atoms with Crippen molar-refractivity contribution >= 4 is 0 Å². The summed E-state index contributed by atoms with van der Waals surface area (Å²) in [4.78, 5) is 0. The third-order valence-electron chi connectivity index (χ3n) is 6.24. The van der Waals surface area contributed by atoms with Gasteiger partial charge in [0.05, 0.1) is 0 Å². The summed E-state index contributed by atoms with van der Waals surface area (Å²) in [5.74, 6) is 0.878. The van der Waals surface area contributed by atoms with Gasteiger partial charge in [0, 0.05) is 11.5 Å². The third kappa shape index (κ3) is 4.64. The van der Waals surface area contributed by atoms with Crippen LogP contribution in [0.2, 0.25) is 0 Å². The van der Waals surface area contributed by atoms with Gasteiger partial charge in [0.25, 0.3) is 0 Å². The van der Waals surface area contributed by atoms with Crippen molar-refractivity contribution in [3.05, 3.63) is 58.7 Å². The van der Waals surface area contributed by atoms with Crippen LogP contribution in [0, 0.1) is 23.5 Å². The molecule has 0 aliphatic heterocycles. The summed E-state index contributed by atoms with van der Waals surface area (Å²) in [5.41, 5.74) is 2.46. The molecule has 1 unspecified atom stereocenters. The van der Waals surface area contributed by atoms with E-state index in [0.29, 0.717) is 12.3 Å². The molecule has 0 saturated heterocycles. The van der Waals surface area contributed by atoms with Gasteiger partial charge in [-0.15, -0.1) is 0 Å². The first-order chi connectivity index (χ1) is 12.6. The van der Waals surface area contributed by atoms with Gasteiger partial charge in [-0.2, -0.15) is 0 Å². The SMILES string of the molecule is CCCCCc1c(F)cc(C2C=CC([C@H]3CC[C@H](C)CC3)=CC2)cc1F. The van der Waals surface area contributed by atoms with Crippen LogP contribution in [-0.2, 0) is 6.42 Å². The fraction of sp³-hybridized carbons (Fsp3) is 0.583. The van der Waals surface area contributed by atoms with Crippen LogP contribution in [0.3, 0.4) is 0 Å². The predicted molar refractivity (Wildman–Crippen MR) is 105 cm³/mol. The number of unbranched alkanes of at least 4 members (excludes halogenated alkanes) is 2. The lowest BCUT2D eigenvalue weighted by atomic mass is 9.76. The van der Waals surface area contributed by atoms with E-state index in [1.54, 1.807) is 12.1 Å². The fourth-order valence-corrected chi connectivity index (χ4v) is 4.41. The first-order valence-electron chi connectivity index (χ1n) is 10.4. The molecule has 0 N–H and O–H groups in total. The first-order valence-corrected chi connectivity index (χ1v) is 10.4. The van der Waals surface area contributed by atoms with Crippen LogP contribution in [0.15, 0.2) is 35.9 Å². The first kappa shape index (κ1) is 19.3. The van der Waals surface area contributed by atoms with Crippen molar-refractivity contribution in [2.45, 2.75) is 77.6 Å². The fourth-order valence-electron chi connectivity index (χ4n) is 4.41. The van der Waals surface area contributed by atoms with Crippen molar-refractivity contribution in [1.82, 2.24) is 0 Å². The van der Waals surface area contributed by atoms with Crippen LogP contribution < -0.4 is 0 Å². The molecule has 0 aromatic heterocycles. The van der Waals surface area contributed by atoms with E-state index in [4.69, 9.17) is 0 Å². The molecule has 0 amide bonds. The number of rotatable bonds is 6. The quantitative estimate of drug-likeness (QED) is 0.462. The highest BCUT2D eigenvalue weighted by molar-refractivity contribution is 5.36. The number of halogens is 2. The van der Waals surface area contributed by atoms with Gasteiger partial charge >= 0.3 is 0 Å². The van der Waals surface area contributed by atoms with E-state index >= 15 is 0 Å². The molecule has 1 aromatic carbocycles. The van der Waals surface area contributed by atoms with Crippen molar-refractivity contribution in [3.63, 3.8) is 0 Å². The lowest BCUT2D eigenvalue weighted by Crippen LogP contribution is -2.15. The Kier molecular flexibility index (Phi) is 6.67. The standard InChI is InChI=1S/C24H32F2/c1-3-4-5-6-22-23(25)15-21(16-24(22)26)20-13-11-19(12-14-20)18-9-7-17(2)8-10-18/h11-13,15-18,20H,3-10,14H2,1-2H3/t17-,18-,20?. The summed E-state index contributed by atoms with van der Waals surface area (Å²) in [6.45, 7) is 4.44. The monoisotopic (exact) mass is 358 g/mol. The molecule has 2 heteroatoms. The minimum atomic E-state index is -0.374. The number of allylic oxidation sites excluding steroid dienone is 4. The molecule has 1 aromatic rings. The molecule has 1 fully saturated rings. The van der Waals surface area contributed by atoms with Crippen LogP contribution in [0.25, 0.3) is 0 Å². The van der Waals surface area contributed by atoms with Gasteiger partial charge in [-0.25, -0.2) is 8.78 Å². The molecule has 2 aliphatic carbocycles. The minimum absolute atomic E-state index is 0.0926. The van der Waals surface area contributed by atoms with Crippen LogP contribution >= 0.6 is 0 Å². The van der Waals surface area contributed by atoms with E-state index in [-0.39, 0.29) is 23.1 Å². The normalized spacial score (nSPS) is 26.0. The van der Waals surface area contributed by atoms with Crippen LogP contribution in [-0.4, -0.2) is 0 Å². The number of hydrogen-bond acceptors (Lipinski definition) is 0. The van der Waals surface area contributed by atoms with Gasteiger partial charge < -0.3 is 0 Å². The molecule has 26 heavy (non-hydrogen) atoms. The van der Waals surface area contributed by atoms with Gasteiger partial charge in [0.15, 0.2) is 0 Å². The van der Waals surface area contributed by atoms with Gasteiger partial charge in [0.1, 0.15) is 11.6 Å². The average molecular weight is 359 g/mol. The van der Waals surface area contributed by atoms with E-state index in [0.717, 1.165) is 37.2 Å². The maximum absolute atomic E-state index is 14.4. The van der Waals surface area contributed by atoms with E-state index in [9.17, 15) is 8.78 Å². The van der Waals surface area contributed by atoms with E-state index < -0.39 is 0 Å². The molecule has 0 nitrogen and oxygen atoms in total. The topological polar surface area (TPSA) is 0 Å². The lowest BCUT2D eigenvalue weighted by molar-refractivity contribution is 0.322. The molecular formula is C24H32F2. The molecule has 0 spiro atoms. The average Bonchev–Trinajstić information content (AvgIpc) is 2.65. The summed E-state index contributed by atoms with van der Waals surface area (Å²) in [5, 5.41) is 0. The maximum atomic E-state index is 14.4. The highest BCUT2D eigenvalue weighted by atomic mass is 19.1. The van der Waals surface area contributed by atoms with Gasteiger partial charge in [-0.1, -0.05) is 57.8 Å². The van der Waals surface area contributed by atoms with Gasteiger partial charge in [-0.3, -0.25) is 0 Å². The molecule has 0 bridgehead atoms. The second kappa shape index (κ2) is 8.97. The summed E-state index contributed by atoms with van der Waals surface area (Å²) < 4.78 is 28.8. The largest absolute Gasteiger partial charge is 0.207 e. The van der Waals surface area contributed by atoms with Crippen molar-refractivity contribution in [3.8, 4) is 0 Å².